The van der Waals surface area contributed by atoms with Crippen molar-refractivity contribution in [3.05, 3.63) is 41.4 Å². The lowest BCUT2D eigenvalue weighted by Gasteiger charge is -2.12. The number of imidazole rings is 1. The lowest BCUT2D eigenvalue weighted by atomic mass is 10.2. The Balaban J connectivity index is 2.49. The number of aromatic nitrogens is 2. The van der Waals surface area contributed by atoms with Gasteiger partial charge >= 0.3 is 0 Å². The maximum absolute atomic E-state index is 5.99. The number of nitrogens with zero attached hydrogens (tertiary/aromatic N) is 2. The van der Waals surface area contributed by atoms with E-state index >= 15 is 0 Å². The third-order valence-corrected chi connectivity index (χ3v) is 2.86. The molecule has 17 heavy (non-hydrogen) atoms. The van der Waals surface area contributed by atoms with Crippen LogP contribution in [0.1, 0.15) is 18.7 Å². The van der Waals surface area contributed by atoms with Gasteiger partial charge in [-0.1, -0.05) is 11.6 Å². The molecular formula is C12H14ClN3O. The quantitative estimate of drug-likeness (QED) is 0.912. The summed E-state index contributed by atoms with van der Waals surface area (Å²) in [5.41, 5.74) is 7.74. The summed E-state index contributed by atoms with van der Waals surface area (Å²) in [6.45, 7) is 1.92. The molecule has 1 aromatic carbocycles. The molecule has 0 aliphatic rings. The van der Waals surface area contributed by atoms with Gasteiger partial charge in [0.05, 0.1) is 36.0 Å². The minimum Gasteiger partial charge on any atom is -0.495 e. The molecular weight excluding hydrogens is 238 g/mol. The minimum absolute atomic E-state index is 0.0841. The van der Waals surface area contributed by atoms with Crippen molar-refractivity contribution in [2.75, 3.05) is 7.11 Å². The van der Waals surface area contributed by atoms with Crippen LogP contribution in [0.3, 0.4) is 0 Å². The molecule has 0 saturated carbocycles. The first-order valence-corrected chi connectivity index (χ1v) is 5.63. The Kier molecular flexibility index (Phi) is 3.36. The maximum Gasteiger partial charge on any atom is 0.139 e. The first-order valence-electron chi connectivity index (χ1n) is 5.25. The van der Waals surface area contributed by atoms with Crippen LogP contribution in [0.2, 0.25) is 5.02 Å². The molecule has 2 aromatic rings. The summed E-state index contributed by atoms with van der Waals surface area (Å²) in [6, 6.07) is 5.47. The zero-order valence-electron chi connectivity index (χ0n) is 9.72. The van der Waals surface area contributed by atoms with E-state index in [1.165, 1.54) is 0 Å². The van der Waals surface area contributed by atoms with E-state index in [9.17, 15) is 0 Å². The summed E-state index contributed by atoms with van der Waals surface area (Å²) in [7, 11) is 1.59. The Hall–Kier alpha value is -1.52. The average molecular weight is 252 g/mol. The maximum atomic E-state index is 5.99. The van der Waals surface area contributed by atoms with Gasteiger partial charge in [-0.15, -0.1) is 0 Å². The van der Waals surface area contributed by atoms with Gasteiger partial charge in [0, 0.05) is 12.1 Å². The minimum atomic E-state index is -0.0841. The van der Waals surface area contributed by atoms with Gasteiger partial charge in [0.15, 0.2) is 0 Å². The molecule has 2 N–H and O–H groups in total. The highest BCUT2D eigenvalue weighted by atomic mass is 35.5. The highest BCUT2D eigenvalue weighted by Gasteiger charge is 2.10. The first kappa shape index (κ1) is 12.0. The molecule has 1 aromatic heterocycles. The van der Waals surface area contributed by atoms with Crippen molar-refractivity contribution in [1.29, 1.82) is 0 Å². The molecule has 90 valence electrons. The Bertz CT molecular complexity index is 522. The summed E-state index contributed by atoms with van der Waals surface area (Å²) in [5, 5.41) is 0.582. The molecule has 1 heterocycles. The lowest BCUT2D eigenvalue weighted by molar-refractivity contribution is 0.415. The van der Waals surface area contributed by atoms with Gasteiger partial charge in [0.1, 0.15) is 5.75 Å². The number of rotatable bonds is 3. The zero-order valence-corrected chi connectivity index (χ0v) is 10.5. The van der Waals surface area contributed by atoms with Gasteiger partial charge in [-0.05, 0) is 19.1 Å². The SMILES string of the molecule is COc1cc(-n2cncc2C(C)N)ccc1Cl. The molecule has 0 fully saturated rings. The second-order valence-corrected chi connectivity index (χ2v) is 4.20. The summed E-state index contributed by atoms with van der Waals surface area (Å²) in [6.07, 6.45) is 3.48. The van der Waals surface area contributed by atoms with E-state index in [-0.39, 0.29) is 6.04 Å². The van der Waals surface area contributed by atoms with Crippen LogP contribution in [0.25, 0.3) is 5.69 Å². The van der Waals surface area contributed by atoms with E-state index in [0.717, 1.165) is 11.4 Å². The Morgan fingerprint density at radius 3 is 2.88 bits per heavy atom. The molecule has 5 heteroatoms. The van der Waals surface area contributed by atoms with E-state index in [4.69, 9.17) is 22.1 Å². The van der Waals surface area contributed by atoms with Crippen LogP contribution in [0.5, 0.6) is 5.75 Å². The number of hydrogen-bond acceptors (Lipinski definition) is 3. The third-order valence-electron chi connectivity index (χ3n) is 2.55. The molecule has 1 atom stereocenters. The fourth-order valence-corrected chi connectivity index (χ4v) is 1.85. The Morgan fingerprint density at radius 1 is 1.47 bits per heavy atom. The molecule has 0 spiro atoms. The van der Waals surface area contributed by atoms with Crippen LogP contribution in [0.15, 0.2) is 30.7 Å². The van der Waals surface area contributed by atoms with Gasteiger partial charge in [-0.2, -0.15) is 0 Å². The van der Waals surface area contributed by atoms with E-state index in [1.54, 1.807) is 25.7 Å². The number of methoxy groups -OCH3 is 1. The van der Waals surface area contributed by atoms with Crippen LogP contribution in [0.4, 0.5) is 0 Å². The van der Waals surface area contributed by atoms with Crippen LogP contribution in [-0.4, -0.2) is 16.7 Å². The second kappa shape index (κ2) is 4.77. The molecule has 4 nitrogen and oxygen atoms in total. The molecule has 0 bridgehead atoms. The molecule has 0 saturated heterocycles. The van der Waals surface area contributed by atoms with Crippen molar-refractivity contribution in [2.24, 2.45) is 5.73 Å². The third kappa shape index (κ3) is 2.28. The van der Waals surface area contributed by atoms with Gasteiger partial charge in [-0.3, -0.25) is 0 Å². The fourth-order valence-electron chi connectivity index (χ4n) is 1.66. The van der Waals surface area contributed by atoms with E-state index in [1.807, 2.05) is 23.6 Å². The smallest absolute Gasteiger partial charge is 0.139 e. The van der Waals surface area contributed by atoms with Crippen LogP contribution >= 0.6 is 11.6 Å². The van der Waals surface area contributed by atoms with Crippen molar-refractivity contribution in [3.63, 3.8) is 0 Å². The average Bonchev–Trinajstić information content (AvgIpc) is 2.78. The summed E-state index contributed by atoms with van der Waals surface area (Å²) in [5.74, 6) is 0.633. The van der Waals surface area contributed by atoms with E-state index in [0.29, 0.717) is 10.8 Å². The monoisotopic (exact) mass is 251 g/mol. The first-order chi connectivity index (χ1) is 8.13. The van der Waals surface area contributed by atoms with E-state index in [2.05, 4.69) is 4.98 Å². The van der Waals surface area contributed by atoms with Crippen molar-refractivity contribution in [1.82, 2.24) is 9.55 Å². The van der Waals surface area contributed by atoms with E-state index < -0.39 is 0 Å². The van der Waals surface area contributed by atoms with Crippen LogP contribution < -0.4 is 10.5 Å². The second-order valence-electron chi connectivity index (χ2n) is 3.80. The van der Waals surface area contributed by atoms with Crippen molar-refractivity contribution >= 4 is 11.6 Å². The molecule has 0 aliphatic carbocycles. The molecule has 0 amide bonds. The van der Waals surface area contributed by atoms with Crippen LogP contribution in [-0.2, 0) is 0 Å². The largest absolute Gasteiger partial charge is 0.495 e. The van der Waals surface area contributed by atoms with Crippen molar-refractivity contribution in [2.45, 2.75) is 13.0 Å². The standard InChI is InChI=1S/C12H14ClN3O/c1-8(14)11-6-15-7-16(11)9-3-4-10(13)12(5-9)17-2/h3-8H,14H2,1-2H3. The lowest BCUT2D eigenvalue weighted by Crippen LogP contribution is -2.10. The highest BCUT2D eigenvalue weighted by Crippen LogP contribution is 2.27. The number of hydrogen-bond donors (Lipinski definition) is 1. The zero-order chi connectivity index (χ0) is 12.4. The predicted octanol–water partition coefficient (Wildman–Crippen LogP) is 2.55. The predicted molar refractivity (Wildman–Crippen MR) is 67.7 cm³/mol. The Labute approximate surface area is 105 Å². The van der Waals surface area contributed by atoms with Gasteiger partial charge in [0.2, 0.25) is 0 Å². The molecule has 0 aliphatic heterocycles. The number of halogens is 1. The molecule has 2 rings (SSSR count). The van der Waals surface area contributed by atoms with Gasteiger partial charge in [-0.25, -0.2) is 4.98 Å². The topological polar surface area (TPSA) is 53.1 Å². The summed E-state index contributed by atoms with van der Waals surface area (Å²) >= 11 is 5.99. The summed E-state index contributed by atoms with van der Waals surface area (Å²) < 4.78 is 7.11. The Morgan fingerprint density at radius 2 is 2.24 bits per heavy atom. The van der Waals surface area contributed by atoms with Crippen molar-refractivity contribution < 1.29 is 4.74 Å². The summed E-state index contributed by atoms with van der Waals surface area (Å²) in [4.78, 5) is 4.11. The number of nitrogens with two attached hydrogens (primary N) is 1. The number of benzene rings is 1. The fraction of sp³-hybridized carbons (Fsp3) is 0.250. The van der Waals surface area contributed by atoms with Gasteiger partial charge < -0.3 is 15.0 Å². The molecule has 0 radical (unpaired) electrons. The number of ether oxygens (including phenoxy) is 1. The highest BCUT2D eigenvalue weighted by molar-refractivity contribution is 6.32. The van der Waals surface area contributed by atoms with Gasteiger partial charge in [0.25, 0.3) is 0 Å². The van der Waals surface area contributed by atoms with Crippen molar-refractivity contribution in [3.8, 4) is 11.4 Å². The normalized spacial score (nSPS) is 12.5. The molecule has 1 unspecified atom stereocenters. The van der Waals surface area contributed by atoms with Crippen LogP contribution in [0, 0.1) is 0 Å².